The number of hydrogen-bond acceptors (Lipinski definition) is 6. The van der Waals surface area contributed by atoms with Crippen LogP contribution in [0, 0.1) is 0 Å². The van der Waals surface area contributed by atoms with Gasteiger partial charge in [0.05, 0.1) is 23.2 Å². The Morgan fingerprint density at radius 1 is 0.902 bits per heavy atom. The second-order valence-corrected chi connectivity index (χ2v) is 12.7. The summed E-state index contributed by atoms with van der Waals surface area (Å²) in [7, 11) is 1.85. The fraction of sp³-hybridized carbons (Fsp3) is 0.688. The Morgan fingerprint density at radius 2 is 1.61 bits per heavy atom. The fourth-order valence-electron chi connectivity index (χ4n) is 8.45. The van der Waals surface area contributed by atoms with Gasteiger partial charge in [0.25, 0.3) is 5.56 Å². The maximum absolute atomic E-state index is 14.4. The first-order chi connectivity index (χ1) is 19.9. The highest BCUT2D eigenvalue weighted by Gasteiger charge is 2.44. The monoisotopic (exact) mass is 564 g/mol. The number of amides is 1. The van der Waals surface area contributed by atoms with Crippen LogP contribution in [-0.2, 0) is 14.3 Å². The second kappa shape index (κ2) is 12.2. The molecule has 0 spiro atoms. The summed E-state index contributed by atoms with van der Waals surface area (Å²) >= 11 is 0. The number of likely N-dealkylation sites (tertiary alicyclic amines) is 1. The third-order valence-corrected chi connectivity index (χ3v) is 10.2. The van der Waals surface area contributed by atoms with Crippen LogP contribution in [0.15, 0.2) is 29.1 Å². The molecule has 3 saturated heterocycles. The Kier molecular flexibility index (Phi) is 8.45. The molecule has 4 fully saturated rings. The summed E-state index contributed by atoms with van der Waals surface area (Å²) in [4.78, 5) is 47.8. The molecular weight excluding hydrogens is 520 g/mol. The predicted octanol–water partition coefficient (Wildman–Crippen LogP) is 4.83. The average Bonchev–Trinajstić information content (AvgIpc) is 2.93. The van der Waals surface area contributed by atoms with Crippen molar-refractivity contribution in [2.45, 2.75) is 126 Å². The molecule has 1 saturated carbocycles. The molecule has 1 N–H and O–H groups in total. The minimum atomic E-state index is -1.07. The lowest BCUT2D eigenvalue weighted by molar-refractivity contribution is -0.148. The summed E-state index contributed by atoms with van der Waals surface area (Å²) in [5.74, 6) is -1.29. The number of nitrogens with zero attached hydrogens (tertiary/aromatic N) is 4. The van der Waals surface area contributed by atoms with Gasteiger partial charge < -0.3 is 19.3 Å². The normalized spacial score (nSPS) is 31.5. The SMILES string of the molecule is COC1CCCCC[C@H](N2C3CCCC2CC(n2c(=O)c(C4CCCC(=O)N4CC(=O)O)nc4ccccc42)C3)C1. The largest absolute Gasteiger partial charge is 0.480 e. The molecule has 4 aliphatic rings. The zero-order valence-corrected chi connectivity index (χ0v) is 24.2. The Balaban J connectivity index is 1.36. The highest BCUT2D eigenvalue weighted by atomic mass is 16.5. The average molecular weight is 565 g/mol. The lowest BCUT2D eigenvalue weighted by Crippen LogP contribution is -2.58. The molecule has 5 atom stereocenters. The lowest BCUT2D eigenvalue weighted by atomic mass is 9.78. The topological polar surface area (TPSA) is 105 Å². The van der Waals surface area contributed by atoms with Crippen molar-refractivity contribution < 1.29 is 19.4 Å². The molecule has 9 heteroatoms. The van der Waals surface area contributed by atoms with Gasteiger partial charge in [-0.3, -0.25) is 19.3 Å². The molecule has 9 nitrogen and oxygen atoms in total. The van der Waals surface area contributed by atoms with Crippen molar-refractivity contribution in [3.05, 3.63) is 40.3 Å². The number of para-hydroxylation sites is 2. The minimum Gasteiger partial charge on any atom is -0.480 e. The highest BCUT2D eigenvalue weighted by Crippen LogP contribution is 2.43. The van der Waals surface area contributed by atoms with E-state index in [9.17, 15) is 19.5 Å². The summed E-state index contributed by atoms with van der Waals surface area (Å²) in [5, 5.41) is 9.53. The Labute approximate surface area is 241 Å². The number of hydrogen-bond donors (Lipinski definition) is 1. The van der Waals surface area contributed by atoms with E-state index in [1.807, 2.05) is 35.9 Å². The van der Waals surface area contributed by atoms with E-state index in [1.54, 1.807) is 0 Å². The number of piperidine rings is 3. The Morgan fingerprint density at radius 3 is 2.37 bits per heavy atom. The van der Waals surface area contributed by atoms with Gasteiger partial charge >= 0.3 is 5.97 Å². The lowest BCUT2D eigenvalue weighted by Gasteiger charge is -2.53. The van der Waals surface area contributed by atoms with Crippen molar-refractivity contribution in [2.24, 2.45) is 0 Å². The van der Waals surface area contributed by atoms with Crippen molar-refractivity contribution in [3.8, 4) is 0 Å². The number of methoxy groups -OCH3 is 1. The first-order valence-electron chi connectivity index (χ1n) is 15.8. The number of fused-ring (bicyclic) bond motifs is 3. The van der Waals surface area contributed by atoms with E-state index in [2.05, 4.69) is 4.90 Å². The molecule has 2 bridgehead atoms. The van der Waals surface area contributed by atoms with Crippen molar-refractivity contribution in [1.82, 2.24) is 19.4 Å². The summed E-state index contributed by atoms with van der Waals surface area (Å²) in [5.41, 5.74) is 1.70. The van der Waals surface area contributed by atoms with Crippen LogP contribution in [0.25, 0.3) is 11.0 Å². The summed E-state index contributed by atoms with van der Waals surface area (Å²) < 4.78 is 7.86. The van der Waals surface area contributed by atoms with Crippen LogP contribution in [0.4, 0.5) is 0 Å². The van der Waals surface area contributed by atoms with Gasteiger partial charge in [0, 0.05) is 37.7 Å². The Bertz CT molecular complexity index is 1310. The molecule has 4 heterocycles. The maximum Gasteiger partial charge on any atom is 0.323 e. The molecule has 1 amide bonds. The van der Waals surface area contributed by atoms with Crippen LogP contribution < -0.4 is 5.56 Å². The van der Waals surface area contributed by atoms with Crippen LogP contribution >= 0.6 is 0 Å². The third kappa shape index (κ3) is 5.67. The minimum absolute atomic E-state index is 0.0414. The van der Waals surface area contributed by atoms with Crippen LogP contribution in [0.5, 0.6) is 0 Å². The van der Waals surface area contributed by atoms with Crippen molar-refractivity contribution in [2.75, 3.05) is 13.7 Å². The molecule has 2 aromatic rings. The van der Waals surface area contributed by atoms with E-state index in [1.165, 1.54) is 37.0 Å². The number of carboxylic acids is 1. The summed E-state index contributed by atoms with van der Waals surface area (Å²) in [6.45, 7) is -0.413. The van der Waals surface area contributed by atoms with Gasteiger partial charge in [-0.25, -0.2) is 4.98 Å². The smallest absolute Gasteiger partial charge is 0.323 e. The van der Waals surface area contributed by atoms with E-state index in [-0.39, 0.29) is 17.5 Å². The Hall–Kier alpha value is -2.78. The van der Waals surface area contributed by atoms with Crippen molar-refractivity contribution in [3.63, 3.8) is 0 Å². The maximum atomic E-state index is 14.4. The van der Waals surface area contributed by atoms with Crippen LogP contribution in [0.2, 0.25) is 0 Å². The van der Waals surface area contributed by atoms with Gasteiger partial charge in [-0.05, 0) is 69.9 Å². The number of carboxylic acid groups (broad SMARTS) is 1. The zero-order valence-electron chi connectivity index (χ0n) is 24.2. The predicted molar refractivity (Wildman–Crippen MR) is 156 cm³/mol. The first kappa shape index (κ1) is 28.3. The van der Waals surface area contributed by atoms with Crippen LogP contribution in [0.3, 0.4) is 0 Å². The third-order valence-electron chi connectivity index (χ3n) is 10.2. The second-order valence-electron chi connectivity index (χ2n) is 12.7. The van der Waals surface area contributed by atoms with E-state index < -0.39 is 18.6 Å². The molecule has 222 valence electrons. The molecule has 1 aromatic carbocycles. The molecule has 4 unspecified atom stereocenters. The zero-order chi connectivity index (χ0) is 28.5. The van der Waals surface area contributed by atoms with Crippen LogP contribution in [0.1, 0.15) is 108 Å². The standard InChI is InChI=1S/C32H44N4O5/c1-41-25-12-4-2-3-9-23(19-25)35-21-10-7-11-22(35)18-24(17-21)36-27-14-6-5-13-26(27)33-31(32(36)40)28-15-8-16-29(37)34(28)20-30(38)39/h5-6,13-14,21-25,28H,2-4,7-12,15-20H2,1H3,(H,38,39)/t21?,22?,23-,24?,25?,28?/m0/s1. The molecule has 6 rings (SSSR count). The molecule has 41 heavy (non-hydrogen) atoms. The van der Waals surface area contributed by atoms with E-state index >= 15 is 0 Å². The number of aromatic nitrogens is 2. The van der Waals surface area contributed by atoms with Crippen molar-refractivity contribution in [1.29, 1.82) is 0 Å². The molecule has 1 aliphatic carbocycles. The van der Waals surface area contributed by atoms with E-state index in [0.717, 1.165) is 49.6 Å². The number of rotatable bonds is 6. The number of carbonyl (C=O) groups is 2. The van der Waals surface area contributed by atoms with Gasteiger partial charge in [-0.2, -0.15) is 0 Å². The van der Waals surface area contributed by atoms with Crippen LogP contribution in [-0.4, -0.2) is 74.2 Å². The molecule has 1 aromatic heterocycles. The molecular formula is C32H44N4O5. The number of ether oxygens (including phenoxy) is 1. The fourth-order valence-corrected chi connectivity index (χ4v) is 8.45. The number of benzene rings is 1. The van der Waals surface area contributed by atoms with E-state index in [0.29, 0.717) is 49.2 Å². The number of carbonyl (C=O) groups excluding carboxylic acids is 1. The van der Waals surface area contributed by atoms with Gasteiger partial charge in [-0.15, -0.1) is 0 Å². The highest BCUT2D eigenvalue weighted by molar-refractivity contribution is 5.82. The molecule has 3 aliphatic heterocycles. The summed E-state index contributed by atoms with van der Waals surface area (Å²) in [6.07, 6.45) is 14.4. The van der Waals surface area contributed by atoms with Gasteiger partial charge in [0.15, 0.2) is 0 Å². The van der Waals surface area contributed by atoms with Gasteiger partial charge in [0.2, 0.25) is 5.91 Å². The van der Waals surface area contributed by atoms with Crippen molar-refractivity contribution >= 4 is 22.9 Å². The first-order valence-corrected chi connectivity index (χ1v) is 15.8. The summed E-state index contributed by atoms with van der Waals surface area (Å²) in [6, 6.07) is 8.59. The van der Waals surface area contributed by atoms with Gasteiger partial charge in [-0.1, -0.05) is 37.8 Å². The number of aliphatic carboxylic acids is 1. The van der Waals surface area contributed by atoms with Gasteiger partial charge in [0.1, 0.15) is 12.2 Å². The van der Waals surface area contributed by atoms with E-state index in [4.69, 9.17) is 9.72 Å². The quantitative estimate of drug-likeness (QED) is 0.536. The molecule has 0 radical (unpaired) electrons.